The highest BCUT2D eigenvalue weighted by atomic mass is 31.2. The van der Waals surface area contributed by atoms with Crippen molar-refractivity contribution in [3.05, 3.63) is 58.7 Å². The fourth-order valence-corrected chi connectivity index (χ4v) is 7.49. The third kappa shape index (κ3) is 9.01. The Bertz CT molecular complexity index is 1290. The van der Waals surface area contributed by atoms with Crippen molar-refractivity contribution >= 4 is 32.0 Å². The zero-order valence-corrected chi connectivity index (χ0v) is 31.9. The predicted molar refractivity (Wildman–Crippen MR) is 185 cm³/mol. The van der Waals surface area contributed by atoms with Crippen LogP contribution in [0.2, 0.25) is 0 Å². The van der Waals surface area contributed by atoms with Gasteiger partial charge in [0.05, 0.1) is 19.8 Å². The molecular weight excluding hydrogens is 613 g/mol. The molecule has 0 radical (unpaired) electrons. The second-order valence-electron chi connectivity index (χ2n) is 15.7. The van der Waals surface area contributed by atoms with Crippen molar-refractivity contribution in [2.45, 2.75) is 105 Å². The monoisotopic (exact) mass is 666 g/mol. The molecule has 2 unspecified atom stereocenters. The van der Waals surface area contributed by atoms with Gasteiger partial charge in [-0.1, -0.05) is 107 Å². The van der Waals surface area contributed by atoms with E-state index in [1.54, 1.807) is 7.11 Å². The van der Waals surface area contributed by atoms with E-state index >= 15 is 0 Å². The van der Waals surface area contributed by atoms with E-state index in [4.69, 9.17) is 22.6 Å². The molecule has 7 nitrogen and oxygen atoms in total. The van der Waals surface area contributed by atoms with Crippen LogP contribution in [-0.2, 0) is 44.5 Å². The highest BCUT2D eigenvalue weighted by Crippen LogP contribution is 2.59. The van der Waals surface area contributed by atoms with Gasteiger partial charge in [0.25, 0.3) is 0 Å². The number of carbonyl (C=O) groups excluding carboxylic acids is 1. The van der Waals surface area contributed by atoms with Crippen LogP contribution in [0.25, 0.3) is 0 Å². The molecule has 0 aromatic heterocycles. The van der Waals surface area contributed by atoms with Gasteiger partial charge in [0, 0.05) is 18.2 Å². The number of hydrogen-bond donors (Lipinski definition) is 0. The van der Waals surface area contributed by atoms with Crippen LogP contribution in [0.15, 0.2) is 36.4 Å². The van der Waals surface area contributed by atoms with Crippen LogP contribution < -0.4 is 9.05 Å². The van der Waals surface area contributed by atoms with E-state index in [2.05, 4.69) is 121 Å². The average Bonchev–Trinajstić information content (AvgIpc) is 3.18. The molecule has 2 saturated heterocycles. The molecule has 2 fully saturated rings. The maximum atomic E-state index is 13.6. The normalized spacial score (nSPS) is 22.9. The van der Waals surface area contributed by atoms with Crippen LogP contribution in [-0.4, -0.2) is 32.5 Å². The maximum absolute atomic E-state index is 13.6. The first-order chi connectivity index (χ1) is 20.1. The summed E-state index contributed by atoms with van der Waals surface area (Å²) in [6.45, 7) is 26.7. The maximum Gasteiger partial charge on any atom is 0.397 e. The molecule has 44 heavy (non-hydrogen) atoms. The van der Waals surface area contributed by atoms with Gasteiger partial charge >= 0.3 is 17.0 Å². The van der Waals surface area contributed by atoms with Gasteiger partial charge in [0.1, 0.15) is 16.9 Å². The quantitative estimate of drug-likeness (QED) is 0.301. The van der Waals surface area contributed by atoms with Crippen molar-refractivity contribution in [2.75, 3.05) is 26.9 Å². The number of rotatable bonds is 4. The third-order valence-electron chi connectivity index (χ3n) is 7.63. The van der Waals surface area contributed by atoms with E-state index in [-0.39, 0.29) is 47.0 Å². The van der Waals surface area contributed by atoms with Crippen LogP contribution >= 0.6 is 26.4 Å². The molecule has 0 N–H and O–H groups in total. The van der Waals surface area contributed by atoms with Crippen molar-refractivity contribution in [3.63, 3.8) is 0 Å². The molecule has 246 valence electrons. The van der Waals surface area contributed by atoms with Crippen molar-refractivity contribution in [2.24, 2.45) is 5.41 Å². The highest BCUT2D eigenvalue weighted by molar-refractivity contribution is 7.67. The fourth-order valence-electron chi connectivity index (χ4n) is 4.75. The summed E-state index contributed by atoms with van der Waals surface area (Å²) in [6, 6.07) is 12.6. The lowest BCUT2D eigenvalue weighted by atomic mass is 9.80. The van der Waals surface area contributed by atoms with Crippen molar-refractivity contribution in [1.82, 2.24) is 0 Å². The lowest BCUT2D eigenvalue weighted by Gasteiger charge is -2.34. The van der Waals surface area contributed by atoms with Gasteiger partial charge in [-0.25, -0.2) is 0 Å². The number of carbonyl (C=O) groups is 1. The first-order valence-electron chi connectivity index (χ1n) is 15.0. The lowest BCUT2D eigenvalue weighted by molar-refractivity contribution is -0.125. The minimum absolute atomic E-state index is 0.00702. The summed E-state index contributed by atoms with van der Waals surface area (Å²) >= 11 is 0. The first kappa shape index (κ1) is 37.3. The summed E-state index contributed by atoms with van der Waals surface area (Å²) in [5.41, 5.74) is 3.41. The fraction of sp³-hybridized carbons (Fsp3) is 0.618. The largest absolute Gasteiger partial charge is 0.442 e. The first-order valence-corrected chi connectivity index (χ1v) is 17.8. The molecule has 0 amide bonds. The van der Waals surface area contributed by atoms with E-state index in [0.717, 1.165) is 16.9 Å². The van der Waals surface area contributed by atoms with Crippen molar-refractivity contribution < 1.29 is 31.9 Å². The Labute approximate surface area is 270 Å². The van der Waals surface area contributed by atoms with E-state index < -0.39 is 22.4 Å². The molecule has 0 bridgehead atoms. The van der Waals surface area contributed by atoms with Gasteiger partial charge in [-0.15, -0.1) is 0 Å². The minimum atomic E-state index is -1.79. The zero-order chi connectivity index (χ0) is 33.3. The van der Waals surface area contributed by atoms with E-state index in [0.29, 0.717) is 5.75 Å². The highest BCUT2D eigenvalue weighted by Gasteiger charge is 2.55. The molecule has 10 heteroatoms. The molecule has 4 rings (SSSR count). The Morgan fingerprint density at radius 1 is 0.659 bits per heavy atom. The van der Waals surface area contributed by atoms with E-state index in [9.17, 15) is 4.79 Å². The lowest BCUT2D eigenvalue weighted by Crippen LogP contribution is -2.41. The Hall–Kier alpha value is -1.16. The second-order valence-corrected chi connectivity index (χ2v) is 18.7. The zero-order valence-electron chi connectivity index (χ0n) is 28.9. The van der Waals surface area contributed by atoms with E-state index in [1.165, 1.54) is 11.1 Å². The standard InChI is InChI=1S/C33H48O6P2.CH5OP/c1-29(2,3)22-13-15-26(24(17-22)31(7,8)9)38-40-28(34)33(19-35-40)20-36-41(37-21-33)39-27-16-14-23(30(4,5)6)18-25(27)32(10,11)12;1-2-3/h13-18H,19-21H2,1-12H3;3H2,1H3. The number of hydrogen-bond acceptors (Lipinski definition) is 7. The van der Waals surface area contributed by atoms with Crippen LogP contribution in [0.3, 0.4) is 0 Å². The predicted octanol–water partition coefficient (Wildman–Crippen LogP) is 9.89. The summed E-state index contributed by atoms with van der Waals surface area (Å²) in [6.07, 6.45) is 0. The summed E-state index contributed by atoms with van der Waals surface area (Å²) in [5.74, 6) is 1.44. The topological polar surface area (TPSA) is 72.5 Å². The van der Waals surface area contributed by atoms with Gasteiger partial charge in [-0.2, -0.15) is 0 Å². The molecule has 0 aliphatic carbocycles. The van der Waals surface area contributed by atoms with Gasteiger partial charge in [-0.3, -0.25) is 4.79 Å². The van der Waals surface area contributed by atoms with Gasteiger partial charge in [0.15, 0.2) is 0 Å². The summed E-state index contributed by atoms with van der Waals surface area (Å²) < 4.78 is 34.9. The Kier molecular flexibility index (Phi) is 11.8. The van der Waals surface area contributed by atoms with Crippen LogP contribution in [0, 0.1) is 5.41 Å². The Morgan fingerprint density at radius 2 is 1.05 bits per heavy atom. The van der Waals surface area contributed by atoms with Gasteiger partial charge in [-0.05, 0) is 54.4 Å². The van der Waals surface area contributed by atoms with Crippen molar-refractivity contribution in [3.8, 4) is 11.5 Å². The van der Waals surface area contributed by atoms with Crippen LogP contribution in [0.5, 0.6) is 11.5 Å². The average molecular weight is 667 g/mol. The SMILES string of the molecule is CC(C)(C)c1ccc(OP2OCC3(CO2)COP(Oc2ccc(C(C)(C)C)cc2C(C)(C)C)C3=O)c(C(C)(C)C)c1.COP. The molecule has 2 atom stereocenters. The summed E-state index contributed by atoms with van der Waals surface area (Å²) in [5, 5.41) is 0. The molecular formula is C34H53O7P3. The molecule has 2 aliphatic heterocycles. The Balaban J connectivity index is 0.00000169. The van der Waals surface area contributed by atoms with Crippen molar-refractivity contribution in [1.29, 1.82) is 0 Å². The second kappa shape index (κ2) is 13.9. The summed E-state index contributed by atoms with van der Waals surface area (Å²) in [7, 11) is 0.232. The smallest absolute Gasteiger partial charge is 0.397 e. The van der Waals surface area contributed by atoms with E-state index in [1.807, 2.05) is 12.1 Å². The molecule has 2 aromatic rings. The number of benzene rings is 2. The molecule has 2 aromatic carbocycles. The molecule has 1 spiro atoms. The van der Waals surface area contributed by atoms with Gasteiger partial charge in [0.2, 0.25) is 5.52 Å². The minimum Gasteiger partial charge on any atom is -0.442 e. The van der Waals surface area contributed by atoms with Crippen LogP contribution in [0.4, 0.5) is 0 Å². The molecule has 2 aliphatic rings. The molecule has 0 saturated carbocycles. The van der Waals surface area contributed by atoms with Gasteiger partial charge < -0.3 is 27.1 Å². The Morgan fingerprint density at radius 3 is 1.43 bits per heavy atom. The molecule has 2 heterocycles. The third-order valence-corrected chi connectivity index (χ3v) is 10.2. The van der Waals surface area contributed by atoms with Crippen LogP contribution in [0.1, 0.15) is 105 Å². The summed E-state index contributed by atoms with van der Waals surface area (Å²) in [4.78, 5) is 13.6.